The van der Waals surface area contributed by atoms with E-state index in [0.29, 0.717) is 5.56 Å². The Morgan fingerprint density at radius 2 is 1.73 bits per heavy atom. The van der Waals surface area contributed by atoms with Crippen molar-refractivity contribution in [2.24, 2.45) is 0 Å². The molecular weight excluding hydrogens is 342 g/mol. The number of ether oxygens (including phenoxy) is 1. The van der Waals surface area contributed by atoms with Gasteiger partial charge in [0.2, 0.25) is 0 Å². The minimum atomic E-state index is -0.137. The second-order valence-corrected chi connectivity index (χ2v) is 6.50. The highest BCUT2D eigenvalue weighted by Gasteiger charge is 2.11. The molecule has 0 unspecified atom stereocenters. The monoisotopic (exact) mass is 361 g/mol. The number of halogens is 1. The molecule has 0 heterocycles. The maximum atomic E-state index is 12.3. The number of nitrogens with one attached hydrogen (secondary N) is 1. The third-order valence-electron chi connectivity index (χ3n) is 3.04. The van der Waals surface area contributed by atoms with Crippen molar-refractivity contribution in [1.82, 2.24) is 0 Å². The van der Waals surface area contributed by atoms with Crippen molar-refractivity contribution >= 4 is 27.5 Å². The van der Waals surface area contributed by atoms with E-state index >= 15 is 0 Å². The van der Waals surface area contributed by atoms with Crippen LogP contribution in [0.15, 0.2) is 40.9 Å². The minimum absolute atomic E-state index is 0.0891. The van der Waals surface area contributed by atoms with E-state index in [2.05, 4.69) is 27.3 Å². The first-order chi connectivity index (χ1) is 10.3. The lowest BCUT2D eigenvalue weighted by Gasteiger charge is -2.13. The Morgan fingerprint density at radius 1 is 1.09 bits per heavy atom. The van der Waals surface area contributed by atoms with Gasteiger partial charge in [0, 0.05) is 11.3 Å². The lowest BCUT2D eigenvalue weighted by Crippen LogP contribution is -2.12. The SMILES string of the molecule is Cc1cc(C)cc(NC(=O)c2ccc(OC(C)C)c(Br)c2)c1. The number of carbonyl (C=O) groups is 1. The normalized spacial score (nSPS) is 10.6. The molecule has 0 radical (unpaired) electrons. The fraction of sp³-hybridized carbons (Fsp3) is 0.278. The van der Waals surface area contributed by atoms with Gasteiger partial charge < -0.3 is 10.1 Å². The summed E-state index contributed by atoms with van der Waals surface area (Å²) in [5.41, 5.74) is 3.64. The number of amides is 1. The summed E-state index contributed by atoms with van der Waals surface area (Å²) in [6.45, 7) is 7.95. The van der Waals surface area contributed by atoms with Crippen molar-refractivity contribution < 1.29 is 9.53 Å². The van der Waals surface area contributed by atoms with Crippen LogP contribution in [-0.4, -0.2) is 12.0 Å². The summed E-state index contributed by atoms with van der Waals surface area (Å²) >= 11 is 3.45. The number of rotatable bonds is 4. The van der Waals surface area contributed by atoms with Gasteiger partial charge in [-0.2, -0.15) is 0 Å². The van der Waals surface area contributed by atoms with E-state index in [1.165, 1.54) is 0 Å². The van der Waals surface area contributed by atoms with Crippen LogP contribution in [0.3, 0.4) is 0 Å². The van der Waals surface area contributed by atoms with Crippen LogP contribution in [-0.2, 0) is 0 Å². The van der Waals surface area contributed by atoms with Gasteiger partial charge in [-0.25, -0.2) is 0 Å². The number of carbonyl (C=O) groups excluding carboxylic acids is 1. The molecule has 2 rings (SSSR count). The van der Waals surface area contributed by atoms with Gasteiger partial charge in [-0.1, -0.05) is 6.07 Å². The molecule has 22 heavy (non-hydrogen) atoms. The molecule has 1 amide bonds. The molecular formula is C18H20BrNO2. The molecule has 0 aliphatic carbocycles. The van der Waals surface area contributed by atoms with Gasteiger partial charge in [0.1, 0.15) is 5.75 Å². The number of anilines is 1. The molecule has 116 valence electrons. The maximum Gasteiger partial charge on any atom is 0.255 e. The Bertz CT molecular complexity index is 675. The van der Waals surface area contributed by atoms with E-state index in [0.717, 1.165) is 27.0 Å². The van der Waals surface area contributed by atoms with Crippen molar-refractivity contribution in [2.45, 2.75) is 33.8 Å². The van der Waals surface area contributed by atoms with Crippen LogP contribution >= 0.6 is 15.9 Å². The van der Waals surface area contributed by atoms with Crippen molar-refractivity contribution in [2.75, 3.05) is 5.32 Å². The van der Waals surface area contributed by atoms with Crippen molar-refractivity contribution in [3.63, 3.8) is 0 Å². The highest BCUT2D eigenvalue weighted by atomic mass is 79.9. The third kappa shape index (κ3) is 4.34. The van der Waals surface area contributed by atoms with Gasteiger partial charge >= 0.3 is 0 Å². The van der Waals surface area contributed by atoms with Gasteiger partial charge in [0.05, 0.1) is 10.6 Å². The number of hydrogen-bond acceptors (Lipinski definition) is 2. The van der Waals surface area contributed by atoms with E-state index < -0.39 is 0 Å². The summed E-state index contributed by atoms with van der Waals surface area (Å²) < 4.78 is 6.42. The molecule has 4 heteroatoms. The molecule has 0 saturated carbocycles. The van der Waals surface area contributed by atoms with Crippen LogP contribution in [0.1, 0.15) is 35.3 Å². The van der Waals surface area contributed by atoms with Crippen LogP contribution in [0, 0.1) is 13.8 Å². The summed E-state index contributed by atoms with van der Waals surface area (Å²) in [4.78, 5) is 12.3. The van der Waals surface area contributed by atoms with Crippen LogP contribution in [0.2, 0.25) is 0 Å². The molecule has 0 spiro atoms. The van der Waals surface area contributed by atoms with E-state index in [1.54, 1.807) is 18.2 Å². The molecule has 0 aliphatic heterocycles. The van der Waals surface area contributed by atoms with Gasteiger partial charge in [-0.05, 0) is 85.1 Å². The zero-order valence-electron chi connectivity index (χ0n) is 13.2. The molecule has 2 aromatic rings. The number of benzene rings is 2. The van der Waals surface area contributed by atoms with Crippen molar-refractivity contribution in [3.05, 3.63) is 57.6 Å². The molecule has 0 aromatic heterocycles. The third-order valence-corrected chi connectivity index (χ3v) is 3.66. The summed E-state index contributed by atoms with van der Waals surface area (Å²) in [6, 6.07) is 11.3. The largest absolute Gasteiger partial charge is 0.490 e. The first-order valence-electron chi connectivity index (χ1n) is 7.21. The Labute approximate surface area is 139 Å². The van der Waals surface area contributed by atoms with Gasteiger partial charge in [-0.15, -0.1) is 0 Å². The number of hydrogen-bond donors (Lipinski definition) is 1. The fourth-order valence-corrected chi connectivity index (χ4v) is 2.71. The summed E-state index contributed by atoms with van der Waals surface area (Å²) in [6.07, 6.45) is 0.0891. The quantitative estimate of drug-likeness (QED) is 0.821. The minimum Gasteiger partial charge on any atom is -0.490 e. The molecule has 0 atom stereocenters. The van der Waals surface area contributed by atoms with E-state index in [-0.39, 0.29) is 12.0 Å². The van der Waals surface area contributed by atoms with Gasteiger partial charge in [-0.3, -0.25) is 4.79 Å². The lowest BCUT2D eigenvalue weighted by molar-refractivity contribution is 0.102. The van der Waals surface area contributed by atoms with Crippen LogP contribution in [0.5, 0.6) is 5.75 Å². The molecule has 2 aromatic carbocycles. The van der Waals surface area contributed by atoms with E-state index in [4.69, 9.17) is 4.74 Å². The Morgan fingerprint density at radius 3 is 2.27 bits per heavy atom. The van der Waals surface area contributed by atoms with E-state index in [9.17, 15) is 4.79 Å². The molecule has 0 fully saturated rings. The van der Waals surface area contributed by atoms with E-state index in [1.807, 2.05) is 39.8 Å². The highest BCUT2D eigenvalue weighted by molar-refractivity contribution is 9.10. The fourth-order valence-electron chi connectivity index (χ4n) is 2.24. The first-order valence-corrected chi connectivity index (χ1v) is 8.00. The van der Waals surface area contributed by atoms with Crippen molar-refractivity contribution in [1.29, 1.82) is 0 Å². The lowest BCUT2D eigenvalue weighted by atomic mass is 10.1. The Kier molecular flexibility index (Phi) is 5.24. The average Bonchev–Trinajstić information content (AvgIpc) is 2.39. The zero-order valence-corrected chi connectivity index (χ0v) is 14.8. The standard InChI is InChI=1S/C18H20BrNO2/c1-11(2)22-17-6-5-14(10-16(17)19)18(21)20-15-8-12(3)7-13(4)9-15/h5-11H,1-4H3,(H,20,21). The summed E-state index contributed by atoms with van der Waals surface area (Å²) in [5, 5.41) is 2.93. The highest BCUT2D eigenvalue weighted by Crippen LogP contribution is 2.27. The van der Waals surface area contributed by atoms with Gasteiger partial charge in [0.15, 0.2) is 0 Å². The molecule has 0 bridgehead atoms. The number of aryl methyl sites for hydroxylation is 2. The predicted octanol–water partition coefficient (Wildman–Crippen LogP) is 5.11. The second kappa shape index (κ2) is 6.97. The molecule has 0 aliphatic rings. The van der Waals surface area contributed by atoms with Gasteiger partial charge in [0.25, 0.3) is 5.91 Å². The Balaban J connectivity index is 2.17. The van der Waals surface area contributed by atoms with Crippen LogP contribution in [0.25, 0.3) is 0 Å². The predicted molar refractivity (Wildman–Crippen MR) is 93.8 cm³/mol. The summed E-state index contributed by atoms with van der Waals surface area (Å²) in [7, 11) is 0. The first kappa shape index (κ1) is 16.6. The van der Waals surface area contributed by atoms with Crippen LogP contribution in [0.4, 0.5) is 5.69 Å². The van der Waals surface area contributed by atoms with Crippen molar-refractivity contribution in [3.8, 4) is 5.75 Å². The smallest absolute Gasteiger partial charge is 0.255 e. The zero-order chi connectivity index (χ0) is 16.3. The topological polar surface area (TPSA) is 38.3 Å². The average molecular weight is 362 g/mol. The molecule has 0 saturated heterocycles. The maximum absolute atomic E-state index is 12.3. The molecule has 1 N–H and O–H groups in total. The Hall–Kier alpha value is -1.81. The van der Waals surface area contributed by atoms with Crippen LogP contribution < -0.4 is 10.1 Å². The second-order valence-electron chi connectivity index (χ2n) is 5.64. The summed E-state index contributed by atoms with van der Waals surface area (Å²) in [5.74, 6) is 0.597. The molecule has 3 nitrogen and oxygen atoms in total.